The van der Waals surface area contributed by atoms with Crippen molar-refractivity contribution in [1.29, 1.82) is 0 Å². The van der Waals surface area contributed by atoms with Gasteiger partial charge in [0.1, 0.15) is 5.78 Å². The van der Waals surface area contributed by atoms with Gasteiger partial charge in [-0.15, -0.1) is 0 Å². The van der Waals surface area contributed by atoms with E-state index in [2.05, 4.69) is 13.8 Å². The van der Waals surface area contributed by atoms with E-state index in [1.165, 1.54) is 25.7 Å². The lowest BCUT2D eigenvalue weighted by molar-refractivity contribution is -0.228. The maximum absolute atomic E-state index is 12.5. The lowest BCUT2D eigenvalue weighted by atomic mass is 9.45. The van der Waals surface area contributed by atoms with Crippen LogP contribution in [0.4, 0.5) is 0 Å². The van der Waals surface area contributed by atoms with E-state index in [1.54, 1.807) is 0 Å². The van der Waals surface area contributed by atoms with Crippen molar-refractivity contribution in [1.82, 2.24) is 0 Å². The first-order valence-corrected chi connectivity index (χ1v) is 10.3. The van der Waals surface area contributed by atoms with Crippen molar-refractivity contribution in [2.75, 3.05) is 13.2 Å². The summed E-state index contributed by atoms with van der Waals surface area (Å²) in [5.41, 5.74) is 0.453. The molecule has 0 aromatic carbocycles. The van der Waals surface area contributed by atoms with Crippen LogP contribution in [-0.2, 0) is 14.3 Å². The highest BCUT2D eigenvalue weighted by molar-refractivity contribution is 5.87. The number of ketones is 1. The molecule has 0 unspecified atom stereocenters. The first-order valence-electron chi connectivity index (χ1n) is 10.3. The second kappa shape index (κ2) is 5.07. The lowest BCUT2D eigenvalue weighted by Gasteiger charge is -2.61. The number of carbonyl (C=O) groups is 1. The Hall–Kier alpha value is -0.410. The number of fused-ring (bicyclic) bond motifs is 5. The normalized spacial score (nSPS) is 52.8. The molecule has 0 aromatic heterocycles. The fourth-order valence-corrected chi connectivity index (χ4v) is 7.73. The fourth-order valence-electron chi connectivity index (χ4n) is 7.73. The minimum absolute atomic E-state index is 0.0118. The standard InChI is InChI=1S/C21H32O3/c1-19-9-10-21(23-11-12-24-21)13-14(19)3-4-15-16-5-6-18(22)20(16,2)8-7-17(15)19/h14-17H,3-13H2,1-2H3/t14-,15-,16+,17-,19-,20+/m0/s1. The van der Waals surface area contributed by atoms with Gasteiger partial charge in [-0.1, -0.05) is 13.8 Å². The average Bonchev–Trinajstić information content (AvgIpc) is 3.14. The molecule has 3 nitrogen and oxygen atoms in total. The van der Waals surface area contributed by atoms with Gasteiger partial charge in [0.05, 0.1) is 13.2 Å². The number of rotatable bonds is 0. The summed E-state index contributed by atoms with van der Waals surface area (Å²) in [6, 6.07) is 0. The van der Waals surface area contributed by atoms with Crippen molar-refractivity contribution in [3.05, 3.63) is 0 Å². The molecule has 1 heterocycles. The van der Waals surface area contributed by atoms with Crippen molar-refractivity contribution in [3.63, 3.8) is 0 Å². The van der Waals surface area contributed by atoms with Crippen molar-refractivity contribution in [2.24, 2.45) is 34.5 Å². The lowest BCUT2D eigenvalue weighted by Crippen LogP contribution is -2.56. The molecular formula is C21H32O3. The zero-order valence-corrected chi connectivity index (χ0v) is 15.3. The van der Waals surface area contributed by atoms with Gasteiger partial charge in [-0.3, -0.25) is 4.79 Å². The molecule has 134 valence electrons. The topological polar surface area (TPSA) is 35.5 Å². The Morgan fingerprint density at radius 3 is 2.50 bits per heavy atom. The van der Waals surface area contributed by atoms with Gasteiger partial charge in [-0.05, 0) is 67.6 Å². The highest BCUT2D eigenvalue weighted by Crippen LogP contribution is 2.66. The minimum atomic E-state index is -0.247. The van der Waals surface area contributed by atoms with Crippen molar-refractivity contribution in [2.45, 2.75) is 77.4 Å². The minimum Gasteiger partial charge on any atom is -0.348 e. The fraction of sp³-hybridized carbons (Fsp3) is 0.952. The van der Waals surface area contributed by atoms with Gasteiger partial charge in [-0.25, -0.2) is 0 Å². The van der Waals surface area contributed by atoms with Crippen LogP contribution in [-0.4, -0.2) is 24.8 Å². The van der Waals surface area contributed by atoms with Crippen LogP contribution in [0.25, 0.3) is 0 Å². The van der Waals surface area contributed by atoms with Crippen LogP contribution in [0.1, 0.15) is 71.6 Å². The van der Waals surface area contributed by atoms with Gasteiger partial charge < -0.3 is 9.47 Å². The van der Waals surface area contributed by atoms with E-state index in [4.69, 9.17) is 9.47 Å². The van der Waals surface area contributed by atoms with Crippen molar-refractivity contribution < 1.29 is 14.3 Å². The molecule has 0 aromatic rings. The number of ether oxygens (including phenoxy) is 2. The molecule has 4 saturated carbocycles. The largest absolute Gasteiger partial charge is 0.348 e. The van der Waals surface area contributed by atoms with Gasteiger partial charge in [0.25, 0.3) is 0 Å². The third-order valence-electron chi connectivity index (χ3n) is 9.19. The number of carbonyl (C=O) groups excluding carboxylic acids is 1. The van der Waals surface area contributed by atoms with Gasteiger partial charge in [-0.2, -0.15) is 0 Å². The zero-order chi connectivity index (χ0) is 16.6. The van der Waals surface area contributed by atoms with Crippen LogP contribution in [0, 0.1) is 34.5 Å². The second-order valence-electron chi connectivity index (χ2n) is 9.89. The summed E-state index contributed by atoms with van der Waals surface area (Å²) in [6.45, 7) is 6.40. The Balaban J connectivity index is 1.42. The molecule has 3 heteroatoms. The third kappa shape index (κ3) is 1.95. The quantitative estimate of drug-likeness (QED) is 0.662. The Morgan fingerprint density at radius 1 is 0.917 bits per heavy atom. The summed E-state index contributed by atoms with van der Waals surface area (Å²) < 4.78 is 12.1. The number of Topliss-reactive ketones (excluding diaryl/α,β-unsaturated/α-hetero) is 1. The first-order chi connectivity index (χ1) is 11.5. The molecular weight excluding hydrogens is 300 g/mol. The van der Waals surface area contributed by atoms with Crippen molar-refractivity contribution >= 4 is 5.78 Å². The van der Waals surface area contributed by atoms with E-state index in [-0.39, 0.29) is 11.2 Å². The van der Waals surface area contributed by atoms with Crippen LogP contribution in [0.3, 0.4) is 0 Å². The Kier molecular flexibility index (Phi) is 3.34. The van der Waals surface area contributed by atoms with Gasteiger partial charge >= 0.3 is 0 Å². The average molecular weight is 332 g/mol. The van der Waals surface area contributed by atoms with Crippen molar-refractivity contribution in [3.8, 4) is 0 Å². The predicted molar refractivity (Wildman–Crippen MR) is 91.4 cm³/mol. The summed E-state index contributed by atoms with van der Waals surface area (Å²) in [6.07, 6.45) is 10.5. The molecule has 5 fully saturated rings. The summed E-state index contributed by atoms with van der Waals surface area (Å²) in [7, 11) is 0. The van der Waals surface area contributed by atoms with E-state index in [0.29, 0.717) is 17.1 Å². The predicted octanol–water partition coefficient (Wildman–Crippen LogP) is 4.34. The summed E-state index contributed by atoms with van der Waals surface area (Å²) in [5.74, 6) is 3.33. The molecule has 0 bridgehead atoms. The molecule has 6 atom stereocenters. The third-order valence-corrected chi connectivity index (χ3v) is 9.19. The number of hydrogen-bond donors (Lipinski definition) is 0. The van der Waals surface area contributed by atoms with Gasteiger partial charge in [0.15, 0.2) is 5.79 Å². The van der Waals surface area contributed by atoms with Crippen LogP contribution < -0.4 is 0 Å². The van der Waals surface area contributed by atoms with Crippen LogP contribution in [0.2, 0.25) is 0 Å². The van der Waals surface area contributed by atoms with Crippen LogP contribution >= 0.6 is 0 Å². The summed E-state index contributed by atoms with van der Waals surface area (Å²) in [4.78, 5) is 12.5. The SMILES string of the molecule is C[C@]12CCC3(C[C@@H]1CC[C@H]1[C@H]4CCC(=O)[C@]4(C)CC[C@@H]12)OCCO3. The maximum atomic E-state index is 12.5. The Labute approximate surface area is 145 Å². The maximum Gasteiger partial charge on any atom is 0.168 e. The number of hydrogen-bond acceptors (Lipinski definition) is 3. The van der Waals surface area contributed by atoms with E-state index in [1.807, 2.05) is 0 Å². The van der Waals surface area contributed by atoms with Gasteiger partial charge in [0.2, 0.25) is 0 Å². The molecule has 0 amide bonds. The molecule has 4 aliphatic carbocycles. The zero-order valence-electron chi connectivity index (χ0n) is 15.3. The molecule has 0 N–H and O–H groups in total. The van der Waals surface area contributed by atoms with E-state index < -0.39 is 0 Å². The summed E-state index contributed by atoms with van der Waals surface area (Å²) >= 11 is 0. The second-order valence-corrected chi connectivity index (χ2v) is 9.89. The monoisotopic (exact) mass is 332 g/mol. The Bertz CT molecular complexity index is 551. The highest BCUT2D eigenvalue weighted by atomic mass is 16.7. The van der Waals surface area contributed by atoms with Crippen LogP contribution in [0.15, 0.2) is 0 Å². The molecule has 1 spiro atoms. The van der Waals surface area contributed by atoms with Crippen LogP contribution in [0.5, 0.6) is 0 Å². The van der Waals surface area contributed by atoms with E-state index >= 15 is 0 Å². The summed E-state index contributed by atoms with van der Waals surface area (Å²) in [5, 5.41) is 0. The smallest absolute Gasteiger partial charge is 0.168 e. The van der Waals surface area contributed by atoms with E-state index in [0.717, 1.165) is 63.1 Å². The first kappa shape index (κ1) is 15.8. The van der Waals surface area contributed by atoms with Gasteiger partial charge in [0, 0.05) is 24.7 Å². The highest BCUT2D eigenvalue weighted by Gasteiger charge is 2.62. The molecule has 5 rings (SSSR count). The van der Waals surface area contributed by atoms with E-state index in [9.17, 15) is 4.79 Å². The molecule has 24 heavy (non-hydrogen) atoms. The Morgan fingerprint density at radius 2 is 1.71 bits per heavy atom. The molecule has 0 radical (unpaired) electrons. The molecule has 5 aliphatic rings. The molecule has 1 aliphatic heterocycles. The molecule has 1 saturated heterocycles.